The van der Waals surface area contributed by atoms with Gasteiger partial charge in [-0.15, -0.1) is 4.91 Å². The van der Waals surface area contributed by atoms with Crippen LogP contribution in [0, 0.1) is 10.3 Å². The number of rotatable bonds is 6. The third kappa shape index (κ3) is 3.14. The standard InChI is InChI=1S/C9H9N3O3S/c10-6-8(16-14)9(11-15-12-13)7-4-2-1-3-5-7/h1-6,8,10,14H/b10-6?,11-9-. The lowest BCUT2D eigenvalue weighted by atomic mass is 10.1. The quantitative estimate of drug-likeness (QED) is 0.344. The van der Waals surface area contributed by atoms with Crippen molar-refractivity contribution in [2.45, 2.75) is 5.25 Å². The molecule has 0 amide bonds. The smallest absolute Gasteiger partial charge is 0.184 e. The van der Waals surface area contributed by atoms with E-state index in [0.717, 1.165) is 6.21 Å². The molecular formula is C9H9N3O3S. The number of hydrogen-bond acceptors (Lipinski definition) is 7. The van der Waals surface area contributed by atoms with E-state index < -0.39 is 5.25 Å². The predicted octanol–water partition coefficient (Wildman–Crippen LogP) is 2.31. The van der Waals surface area contributed by atoms with Gasteiger partial charge in [0.1, 0.15) is 11.0 Å². The average Bonchev–Trinajstić information content (AvgIpc) is 2.35. The van der Waals surface area contributed by atoms with Crippen LogP contribution in [0.25, 0.3) is 0 Å². The lowest BCUT2D eigenvalue weighted by molar-refractivity contribution is 0.150. The van der Waals surface area contributed by atoms with Crippen LogP contribution in [0.15, 0.2) is 40.8 Å². The van der Waals surface area contributed by atoms with Gasteiger partial charge in [0, 0.05) is 23.8 Å². The van der Waals surface area contributed by atoms with Gasteiger partial charge in [0.15, 0.2) is 5.34 Å². The molecule has 16 heavy (non-hydrogen) atoms. The van der Waals surface area contributed by atoms with Crippen LogP contribution < -0.4 is 0 Å². The Kier molecular flexibility index (Phi) is 5.17. The molecule has 1 aromatic rings. The first kappa shape index (κ1) is 12.3. The van der Waals surface area contributed by atoms with Gasteiger partial charge in [0.25, 0.3) is 0 Å². The van der Waals surface area contributed by atoms with E-state index in [0.29, 0.717) is 17.6 Å². The molecule has 2 N–H and O–H groups in total. The van der Waals surface area contributed by atoms with E-state index in [-0.39, 0.29) is 5.71 Å². The summed E-state index contributed by atoms with van der Waals surface area (Å²) in [6, 6.07) is 8.79. The van der Waals surface area contributed by atoms with Gasteiger partial charge in [-0.3, -0.25) is 0 Å². The minimum absolute atomic E-state index is 0.253. The zero-order valence-corrected chi connectivity index (χ0v) is 8.92. The first-order chi connectivity index (χ1) is 7.83. The van der Waals surface area contributed by atoms with Crippen molar-refractivity contribution in [2.75, 3.05) is 0 Å². The van der Waals surface area contributed by atoms with Crippen molar-refractivity contribution in [3.63, 3.8) is 0 Å². The SMILES string of the molecule is N=CC(SO)/C(=N\ON=O)c1ccccc1. The first-order valence-corrected chi connectivity index (χ1v) is 5.10. The molecule has 84 valence electrons. The van der Waals surface area contributed by atoms with Crippen molar-refractivity contribution >= 4 is 24.0 Å². The summed E-state index contributed by atoms with van der Waals surface area (Å²) < 4.78 is 8.98. The molecule has 1 atom stereocenters. The van der Waals surface area contributed by atoms with Gasteiger partial charge in [0.05, 0.1) is 0 Å². The Bertz CT molecular complexity index is 383. The molecule has 7 heteroatoms. The molecule has 0 fully saturated rings. The molecule has 0 spiro atoms. The highest BCUT2D eigenvalue weighted by molar-refractivity contribution is 7.95. The maximum atomic E-state index is 9.83. The summed E-state index contributed by atoms with van der Waals surface area (Å²) in [7, 11) is 0. The van der Waals surface area contributed by atoms with Gasteiger partial charge in [-0.25, -0.2) is 4.94 Å². The number of nitrogens with one attached hydrogen (secondary N) is 1. The Hall–Kier alpha value is -1.73. The van der Waals surface area contributed by atoms with Crippen LogP contribution in [-0.4, -0.2) is 21.7 Å². The second-order valence-electron chi connectivity index (χ2n) is 2.69. The van der Waals surface area contributed by atoms with Crippen molar-refractivity contribution in [1.82, 2.24) is 0 Å². The Morgan fingerprint density at radius 2 is 2.19 bits per heavy atom. The van der Waals surface area contributed by atoms with E-state index in [2.05, 4.69) is 15.4 Å². The fourth-order valence-electron chi connectivity index (χ4n) is 1.10. The molecule has 0 aliphatic rings. The van der Waals surface area contributed by atoms with Gasteiger partial charge < -0.3 is 9.96 Å². The summed E-state index contributed by atoms with van der Waals surface area (Å²) in [5.41, 5.74) is 0.893. The number of hydrogen-bond donors (Lipinski definition) is 2. The van der Waals surface area contributed by atoms with Gasteiger partial charge >= 0.3 is 0 Å². The second kappa shape index (κ2) is 6.70. The maximum Gasteiger partial charge on any atom is 0.184 e. The van der Waals surface area contributed by atoms with E-state index in [4.69, 9.17) is 9.96 Å². The normalized spacial score (nSPS) is 12.9. The molecular weight excluding hydrogens is 230 g/mol. The Balaban J connectivity index is 3.05. The van der Waals surface area contributed by atoms with Crippen LogP contribution in [0.2, 0.25) is 0 Å². The van der Waals surface area contributed by atoms with E-state index in [1.165, 1.54) is 0 Å². The van der Waals surface area contributed by atoms with E-state index in [1.807, 2.05) is 6.07 Å². The fraction of sp³-hybridized carbons (Fsp3) is 0.111. The molecule has 0 aliphatic carbocycles. The molecule has 1 rings (SSSR count). The minimum atomic E-state index is -0.704. The molecule has 1 unspecified atom stereocenters. The lowest BCUT2D eigenvalue weighted by Crippen LogP contribution is -2.19. The van der Waals surface area contributed by atoms with Crippen molar-refractivity contribution < 1.29 is 9.49 Å². The highest BCUT2D eigenvalue weighted by Crippen LogP contribution is 2.13. The molecule has 0 saturated carbocycles. The predicted molar refractivity (Wildman–Crippen MR) is 62.7 cm³/mol. The molecule has 0 radical (unpaired) electrons. The summed E-state index contributed by atoms with van der Waals surface area (Å²) in [6.45, 7) is 0. The number of benzene rings is 1. The number of nitrogens with zero attached hydrogens (tertiary/aromatic N) is 2. The zero-order chi connectivity index (χ0) is 11.8. The summed E-state index contributed by atoms with van der Waals surface area (Å²) in [6.07, 6.45) is 0.991. The van der Waals surface area contributed by atoms with Crippen LogP contribution in [0.5, 0.6) is 0 Å². The highest BCUT2D eigenvalue weighted by Gasteiger charge is 2.17. The fourth-order valence-corrected chi connectivity index (χ4v) is 1.44. The van der Waals surface area contributed by atoms with E-state index in [9.17, 15) is 4.91 Å². The second-order valence-corrected chi connectivity index (χ2v) is 3.41. The highest BCUT2D eigenvalue weighted by atomic mass is 32.2. The van der Waals surface area contributed by atoms with Gasteiger partial charge in [-0.2, -0.15) is 0 Å². The first-order valence-electron chi connectivity index (χ1n) is 4.26. The van der Waals surface area contributed by atoms with Crippen molar-refractivity contribution in [1.29, 1.82) is 5.41 Å². The Labute approximate surface area is 95.9 Å². The van der Waals surface area contributed by atoms with Crippen LogP contribution in [-0.2, 0) is 4.94 Å². The van der Waals surface area contributed by atoms with Gasteiger partial charge in [-0.05, 0) is 0 Å². The summed E-state index contributed by atoms with van der Waals surface area (Å²) in [5.74, 6) is 0. The largest absolute Gasteiger partial charge is 0.329 e. The minimum Gasteiger partial charge on any atom is -0.329 e. The number of oxime groups is 1. The third-order valence-electron chi connectivity index (χ3n) is 1.78. The lowest BCUT2D eigenvalue weighted by Gasteiger charge is -2.09. The maximum absolute atomic E-state index is 9.83. The van der Waals surface area contributed by atoms with Crippen LogP contribution >= 0.6 is 12.0 Å². The summed E-state index contributed by atoms with van der Waals surface area (Å²) in [5, 5.41) is 12.0. The molecule has 6 nitrogen and oxygen atoms in total. The summed E-state index contributed by atoms with van der Waals surface area (Å²) >= 11 is 0.426. The van der Waals surface area contributed by atoms with Crippen molar-refractivity contribution in [3.8, 4) is 0 Å². The van der Waals surface area contributed by atoms with E-state index in [1.54, 1.807) is 24.3 Å². The Morgan fingerprint density at radius 3 is 2.69 bits per heavy atom. The van der Waals surface area contributed by atoms with Gasteiger partial charge in [-0.1, -0.05) is 35.5 Å². The monoisotopic (exact) mass is 239 g/mol. The van der Waals surface area contributed by atoms with Crippen LogP contribution in [0.4, 0.5) is 0 Å². The van der Waals surface area contributed by atoms with E-state index >= 15 is 0 Å². The Morgan fingerprint density at radius 1 is 1.50 bits per heavy atom. The third-order valence-corrected chi connectivity index (χ3v) is 2.36. The van der Waals surface area contributed by atoms with Crippen molar-refractivity contribution in [3.05, 3.63) is 40.8 Å². The molecule has 1 aromatic carbocycles. The molecule has 0 bridgehead atoms. The molecule has 0 aliphatic heterocycles. The summed E-state index contributed by atoms with van der Waals surface area (Å²) in [4.78, 5) is 13.9. The molecule has 0 saturated heterocycles. The zero-order valence-electron chi connectivity index (χ0n) is 8.11. The van der Waals surface area contributed by atoms with Crippen molar-refractivity contribution in [2.24, 2.45) is 10.5 Å². The van der Waals surface area contributed by atoms with Crippen LogP contribution in [0.1, 0.15) is 5.56 Å². The topological polar surface area (TPSA) is 95.1 Å². The average molecular weight is 239 g/mol. The molecule has 0 heterocycles. The molecule has 0 aromatic heterocycles. The van der Waals surface area contributed by atoms with Gasteiger partial charge in [0.2, 0.25) is 0 Å². The van der Waals surface area contributed by atoms with Crippen LogP contribution in [0.3, 0.4) is 0 Å².